The topological polar surface area (TPSA) is 128 Å². The van der Waals surface area contributed by atoms with Gasteiger partial charge in [0.1, 0.15) is 5.84 Å². The first kappa shape index (κ1) is 12.1. The highest BCUT2D eigenvalue weighted by Gasteiger charge is 2.59. The summed E-state index contributed by atoms with van der Waals surface area (Å²) >= 11 is 0. The van der Waals surface area contributed by atoms with Gasteiger partial charge >= 0.3 is 6.03 Å². The molecular formula is C8H15N5O3S. The van der Waals surface area contributed by atoms with Crippen molar-refractivity contribution in [1.82, 2.24) is 14.9 Å². The number of nitrogens with two attached hydrogens (primary N) is 1. The lowest BCUT2D eigenvalue weighted by atomic mass is 9.99. The van der Waals surface area contributed by atoms with E-state index in [1.165, 1.54) is 7.05 Å². The molecule has 2 heterocycles. The summed E-state index contributed by atoms with van der Waals surface area (Å²) in [5.74, 6) is -0.526. The van der Waals surface area contributed by atoms with Crippen molar-refractivity contribution in [3.63, 3.8) is 0 Å². The van der Waals surface area contributed by atoms with Crippen LogP contribution < -0.4 is 15.8 Å². The maximum Gasteiger partial charge on any atom is 0.319 e. The van der Waals surface area contributed by atoms with Crippen molar-refractivity contribution in [2.24, 2.45) is 5.73 Å². The molecule has 9 heteroatoms. The molecule has 0 aliphatic carbocycles. The molecule has 5 N–H and O–H groups in total. The second kappa shape index (κ2) is 3.57. The van der Waals surface area contributed by atoms with Crippen LogP contribution in [0.2, 0.25) is 0 Å². The SMILES string of the molecule is CNS(=O)(=O)C1(C(=N)N)CCC2CN1C(=O)N2. The van der Waals surface area contributed by atoms with E-state index in [2.05, 4.69) is 10.0 Å². The smallest absolute Gasteiger partial charge is 0.319 e. The second-order valence-corrected chi connectivity index (χ2v) is 6.29. The van der Waals surface area contributed by atoms with Crippen LogP contribution in [-0.2, 0) is 10.0 Å². The number of hydrogen-bond donors (Lipinski definition) is 4. The fourth-order valence-electron chi connectivity index (χ4n) is 2.45. The number of nitrogens with one attached hydrogen (secondary N) is 3. The third-order valence-corrected chi connectivity index (χ3v) is 5.45. The molecule has 0 aromatic heterocycles. The minimum atomic E-state index is -3.88. The van der Waals surface area contributed by atoms with E-state index in [0.717, 1.165) is 4.90 Å². The number of carbonyl (C=O) groups is 1. The third-order valence-electron chi connectivity index (χ3n) is 3.38. The third kappa shape index (κ3) is 1.42. The number of fused-ring (bicyclic) bond motifs is 2. The molecule has 17 heavy (non-hydrogen) atoms. The molecule has 0 aromatic rings. The highest BCUT2D eigenvalue weighted by molar-refractivity contribution is 7.91. The Balaban J connectivity index is 2.56. The van der Waals surface area contributed by atoms with Crippen molar-refractivity contribution in [2.45, 2.75) is 23.8 Å². The predicted molar refractivity (Wildman–Crippen MR) is 60.9 cm³/mol. The monoisotopic (exact) mass is 261 g/mol. The Morgan fingerprint density at radius 3 is 2.88 bits per heavy atom. The first-order valence-electron chi connectivity index (χ1n) is 5.21. The van der Waals surface area contributed by atoms with Gasteiger partial charge in [-0.05, 0) is 19.9 Å². The van der Waals surface area contributed by atoms with Crippen molar-refractivity contribution in [2.75, 3.05) is 13.6 Å². The van der Waals surface area contributed by atoms with Crippen molar-refractivity contribution in [1.29, 1.82) is 5.41 Å². The van der Waals surface area contributed by atoms with Gasteiger partial charge in [-0.15, -0.1) is 0 Å². The molecular weight excluding hydrogens is 246 g/mol. The summed E-state index contributed by atoms with van der Waals surface area (Å²) in [7, 11) is -2.63. The number of nitrogens with zero attached hydrogens (tertiary/aromatic N) is 1. The first-order chi connectivity index (χ1) is 7.85. The van der Waals surface area contributed by atoms with Crippen molar-refractivity contribution >= 4 is 21.9 Å². The van der Waals surface area contributed by atoms with Crippen LogP contribution in [0, 0.1) is 5.41 Å². The van der Waals surface area contributed by atoms with Crippen LogP contribution in [0.25, 0.3) is 0 Å². The minimum absolute atomic E-state index is 0.0537. The Labute approximate surface area is 99.1 Å². The van der Waals surface area contributed by atoms with Crippen LogP contribution in [-0.4, -0.2) is 49.7 Å². The largest absolute Gasteiger partial charge is 0.385 e. The van der Waals surface area contributed by atoms with Crippen LogP contribution in [0.3, 0.4) is 0 Å². The lowest BCUT2D eigenvalue weighted by molar-refractivity contribution is 0.189. The zero-order chi connectivity index (χ0) is 12.8. The Kier molecular flexibility index (Phi) is 2.54. The van der Waals surface area contributed by atoms with Gasteiger partial charge in [0, 0.05) is 12.6 Å². The zero-order valence-electron chi connectivity index (χ0n) is 9.36. The van der Waals surface area contributed by atoms with Gasteiger partial charge in [-0.3, -0.25) is 10.3 Å². The maximum absolute atomic E-state index is 12.1. The highest BCUT2D eigenvalue weighted by Crippen LogP contribution is 2.35. The Morgan fingerprint density at radius 1 is 1.71 bits per heavy atom. The molecule has 2 rings (SSSR count). The molecule has 2 amide bonds. The summed E-state index contributed by atoms with van der Waals surface area (Å²) in [6, 6.07) is -0.538. The van der Waals surface area contributed by atoms with E-state index in [0.29, 0.717) is 6.42 Å². The average Bonchev–Trinajstić information content (AvgIpc) is 2.55. The van der Waals surface area contributed by atoms with Crippen LogP contribution in [0.5, 0.6) is 0 Å². The predicted octanol–water partition coefficient (Wildman–Crippen LogP) is -1.64. The number of sulfonamides is 1. The molecule has 2 fully saturated rings. The van der Waals surface area contributed by atoms with E-state index in [-0.39, 0.29) is 19.0 Å². The molecule has 2 atom stereocenters. The molecule has 2 saturated heterocycles. The minimum Gasteiger partial charge on any atom is -0.385 e. The average molecular weight is 261 g/mol. The molecule has 0 radical (unpaired) electrons. The van der Waals surface area contributed by atoms with E-state index in [4.69, 9.17) is 11.1 Å². The Bertz CT molecular complexity index is 476. The number of amidine groups is 1. The van der Waals surface area contributed by atoms with Gasteiger partial charge in [-0.25, -0.2) is 17.9 Å². The van der Waals surface area contributed by atoms with Crippen molar-refractivity contribution in [3.05, 3.63) is 0 Å². The highest BCUT2D eigenvalue weighted by atomic mass is 32.2. The normalized spacial score (nSPS) is 32.4. The molecule has 8 nitrogen and oxygen atoms in total. The standard InChI is InChI=1S/C8H15N5O3S/c1-11-17(15,16)8(6(9)10)3-2-5-4-13(8)7(14)12-5/h5,11H,2-4H2,1H3,(H3,9,10)(H,12,14). The van der Waals surface area contributed by atoms with Crippen molar-refractivity contribution in [3.8, 4) is 0 Å². The number of rotatable bonds is 3. The molecule has 0 spiro atoms. The fourth-order valence-corrected chi connectivity index (χ4v) is 3.92. The van der Waals surface area contributed by atoms with Gasteiger partial charge in [0.15, 0.2) is 0 Å². The fraction of sp³-hybridized carbons (Fsp3) is 0.750. The Morgan fingerprint density at radius 2 is 2.35 bits per heavy atom. The van der Waals surface area contributed by atoms with Gasteiger partial charge in [0.2, 0.25) is 14.9 Å². The van der Waals surface area contributed by atoms with Crippen molar-refractivity contribution < 1.29 is 13.2 Å². The van der Waals surface area contributed by atoms with Crippen LogP contribution in [0.4, 0.5) is 4.79 Å². The second-order valence-electron chi connectivity index (χ2n) is 4.20. The van der Waals surface area contributed by atoms with E-state index in [1.807, 2.05) is 0 Å². The van der Waals surface area contributed by atoms with E-state index >= 15 is 0 Å². The number of piperidine rings is 1. The lowest BCUT2D eigenvalue weighted by Gasteiger charge is -2.41. The van der Waals surface area contributed by atoms with Gasteiger partial charge < -0.3 is 11.1 Å². The molecule has 0 saturated carbocycles. The molecule has 2 aliphatic rings. The van der Waals surface area contributed by atoms with Gasteiger partial charge in [-0.1, -0.05) is 0 Å². The van der Waals surface area contributed by atoms with Gasteiger partial charge in [-0.2, -0.15) is 0 Å². The number of amides is 2. The number of hydrogen-bond acceptors (Lipinski definition) is 4. The molecule has 96 valence electrons. The van der Waals surface area contributed by atoms with E-state index in [9.17, 15) is 13.2 Å². The maximum atomic E-state index is 12.1. The van der Waals surface area contributed by atoms with E-state index in [1.54, 1.807) is 0 Å². The molecule has 2 bridgehead atoms. The quantitative estimate of drug-likeness (QED) is 0.358. The summed E-state index contributed by atoms with van der Waals surface area (Å²) in [5.41, 5.74) is 5.45. The lowest BCUT2D eigenvalue weighted by Crippen LogP contribution is -2.66. The Hall–Kier alpha value is -1.35. The molecule has 2 aliphatic heterocycles. The van der Waals surface area contributed by atoms with Gasteiger partial charge in [0.25, 0.3) is 0 Å². The van der Waals surface area contributed by atoms with Crippen LogP contribution >= 0.6 is 0 Å². The van der Waals surface area contributed by atoms with Gasteiger partial charge in [0.05, 0.1) is 0 Å². The first-order valence-corrected chi connectivity index (χ1v) is 6.69. The summed E-state index contributed by atoms with van der Waals surface area (Å²) in [6.07, 6.45) is 0.623. The summed E-state index contributed by atoms with van der Waals surface area (Å²) in [6.45, 7) is 0.263. The van der Waals surface area contributed by atoms with Crippen LogP contribution in [0.15, 0.2) is 0 Å². The summed E-state index contributed by atoms with van der Waals surface area (Å²) in [5, 5.41) is 10.2. The molecule has 2 unspecified atom stereocenters. The molecule has 0 aromatic carbocycles. The van der Waals surface area contributed by atoms with E-state index < -0.39 is 26.8 Å². The summed E-state index contributed by atoms with van der Waals surface area (Å²) in [4.78, 5) is 11.1. The van der Waals surface area contributed by atoms with Crippen LogP contribution in [0.1, 0.15) is 12.8 Å². The summed E-state index contributed by atoms with van der Waals surface area (Å²) < 4.78 is 26.4. The number of urea groups is 1. The zero-order valence-corrected chi connectivity index (χ0v) is 10.2. The number of carbonyl (C=O) groups excluding carboxylic acids is 1.